The highest BCUT2D eigenvalue weighted by Gasteiger charge is 1.85. The van der Waals surface area contributed by atoms with E-state index in [1.165, 1.54) is 0 Å². The second-order valence-electron chi connectivity index (χ2n) is 0.518. The van der Waals surface area contributed by atoms with Crippen LogP contribution in [0.5, 0.6) is 0 Å². The first kappa shape index (κ1) is 8.62. The molecule has 0 heterocycles. The molecule has 0 aliphatic rings. The third kappa shape index (κ3) is 6.62. The fourth-order valence-electron chi connectivity index (χ4n) is 0.0679. The molecule has 2 unspecified atom stereocenters. The van der Waals surface area contributed by atoms with Crippen LogP contribution in [0, 0.1) is 0 Å². The summed E-state index contributed by atoms with van der Waals surface area (Å²) in [6, 6.07) is 0. The second-order valence-corrected chi connectivity index (χ2v) is 2.02. The van der Waals surface area contributed by atoms with E-state index in [4.69, 9.17) is 10.5 Å². The van der Waals surface area contributed by atoms with Gasteiger partial charge in [-0.2, -0.15) is 9.35 Å². The van der Waals surface area contributed by atoms with E-state index in [0.29, 0.717) is 0 Å². The van der Waals surface area contributed by atoms with E-state index in [2.05, 4.69) is 18.7 Å². The predicted molar refractivity (Wildman–Crippen MR) is 26.2 cm³/mol. The van der Waals surface area contributed by atoms with Gasteiger partial charge < -0.3 is 0 Å². The topological polar surface area (TPSA) is 77.4 Å². The molecular weight excluding hydrogens is 158 g/mol. The zero-order chi connectivity index (χ0) is 6.24. The third-order valence-electron chi connectivity index (χ3n) is 0.192. The molecular formula is H4O6P2. The van der Waals surface area contributed by atoms with Gasteiger partial charge in [0.1, 0.15) is 0 Å². The summed E-state index contributed by atoms with van der Waals surface area (Å²) in [6.07, 6.45) is 0. The molecule has 0 bridgehead atoms. The minimum atomic E-state index is -0.523. The molecule has 0 rings (SSSR count). The Labute approximate surface area is 48.4 Å². The van der Waals surface area contributed by atoms with Crippen molar-refractivity contribution >= 4 is 18.1 Å². The van der Waals surface area contributed by atoms with E-state index in [9.17, 15) is 0 Å². The summed E-state index contributed by atoms with van der Waals surface area (Å²) in [5.41, 5.74) is 0. The van der Waals surface area contributed by atoms with E-state index in [1.807, 2.05) is 0 Å². The zero-order valence-electron chi connectivity index (χ0n) is 3.53. The maximum absolute atomic E-state index is 7.60. The normalized spacial score (nSPS) is 12.8. The van der Waals surface area contributed by atoms with Gasteiger partial charge >= 0.3 is 0 Å². The van der Waals surface area contributed by atoms with Crippen molar-refractivity contribution in [1.29, 1.82) is 0 Å². The maximum atomic E-state index is 7.60. The molecule has 0 spiro atoms. The Morgan fingerprint density at radius 2 is 1.88 bits per heavy atom. The van der Waals surface area contributed by atoms with Crippen molar-refractivity contribution in [2.24, 2.45) is 0 Å². The number of rotatable bonds is 5. The molecule has 50 valence electrons. The maximum Gasteiger partial charge on any atom is 0.203 e. The van der Waals surface area contributed by atoms with Gasteiger partial charge in [0.25, 0.3) is 0 Å². The number of hydrogen-bond donors (Lipinski definition) is 2. The first-order chi connectivity index (χ1) is 3.91. The highest BCUT2D eigenvalue weighted by atomic mass is 31.2. The lowest BCUT2D eigenvalue weighted by Gasteiger charge is -1.94. The molecule has 0 aliphatic carbocycles. The van der Waals surface area contributed by atoms with Crippen molar-refractivity contribution in [3.05, 3.63) is 0 Å². The molecule has 2 N–H and O–H groups in total. The van der Waals surface area contributed by atoms with Gasteiger partial charge in [-0.15, -0.1) is 0 Å². The summed E-state index contributed by atoms with van der Waals surface area (Å²) >= 11 is 0. The predicted octanol–water partition coefficient (Wildman–Crippen LogP) is 0.931. The Balaban J connectivity index is 2.53. The fourth-order valence-corrected chi connectivity index (χ4v) is 0.520. The SMILES string of the molecule is OOOPOPOO. The molecule has 8 heavy (non-hydrogen) atoms. The van der Waals surface area contributed by atoms with E-state index in [-0.39, 0.29) is 0 Å². The van der Waals surface area contributed by atoms with Crippen LogP contribution in [-0.2, 0) is 18.7 Å². The minimum Gasteiger partial charge on any atom is -0.282 e. The summed E-state index contributed by atoms with van der Waals surface area (Å²) in [6.45, 7) is 0. The van der Waals surface area contributed by atoms with E-state index >= 15 is 0 Å². The summed E-state index contributed by atoms with van der Waals surface area (Å²) < 4.78 is 11.6. The van der Waals surface area contributed by atoms with Crippen molar-refractivity contribution in [3.8, 4) is 0 Å². The molecule has 0 aliphatic heterocycles. The van der Waals surface area contributed by atoms with Crippen molar-refractivity contribution in [1.82, 2.24) is 0 Å². The minimum absolute atomic E-state index is 0.506. The van der Waals surface area contributed by atoms with Gasteiger partial charge in [0.2, 0.25) is 9.03 Å². The summed E-state index contributed by atoms with van der Waals surface area (Å²) in [5.74, 6) is 0. The average molecular weight is 162 g/mol. The quantitative estimate of drug-likeness (QED) is 0.271. The molecule has 0 radical (unpaired) electrons. The van der Waals surface area contributed by atoms with Gasteiger partial charge in [0, 0.05) is 0 Å². The molecule has 0 aromatic rings. The molecule has 0 amide bonds. The van der Waals surface area contributed by atoms with Gasteiger partial charge in [-0.25, -0.2) is 10.5 Å². The highest BCUT2D eigenvalue weighted by Crippen LogP contribution is 2.26. The largest absolute Gasteiger partial charge is 0.282 e. The van der Waals surface area contributed by atoms with E-state index < -0.39 is 18.1 Å². The standard InChI is InChI=1S/H4O6P2/c1-3-5-8-6-7-4-2/h1-2,7-8H. The first-order valence-electron chi connectivity index (χ1n) is 1.35. The molecule has 6 nitrogen and oxygen atoms in total. The Morgan fingerprint density at radius 1 is 1.12 bits per heavy atom. The summed E-state index contributed by atoms with van der Waals surface area (Å²) in [7, 11) is -1.03. The molecule has 0 saturated heterocycles. The molecule has 0 aromatic heterocycles. The number of hydrogen-bond acceptors (Lipinski definition) is 6. The van der Waals surface area contributed by atoms with Gasteiger partial charge in [0.15, 0.2) is 9.03 Å². The van der Waals surface area contributed by atoms with Crippen LogP contribution in [0.4, 0.5) is 0 Å². The smallest absolute Gasteiger partial charge is 0.203 e. The Bertz CT molecular complexity index is 31.5. The zero-order valence-corrected chi connectivity index (χ0v) is 5.53. The Kier molecular flexibility index (Phi) is 8.21. The van der Waals surface area contributed by atoms with Gasteiger partial charge in [0.05, 0.1) is 0 Å². The second kappa shape index (κ2) is 7.62. The van der Waals surface area contributed by atoms with Crippen LogP contribution < -0.4 is 0 Å². The molecule has 0 aromatic carbocycles. The van der Waals surface area contributed by atoms with Crippen molar-refractivity contribution in [2.75, 3.05) is 0 Å². The van der Waals surface area contributed by atoms with Gasteiger partial charge in [-0.05, 0) is 0 Å². The van der Waals surface area contributed by atoms with Crippen LogP contribution >= 0.6 is 18.1 Å². The first-order valence-corrected chi connectivity index (χ1v) is 2.98. The van der Waals surface area contributed by atoms with Crippen LogP contribution in [-0.4, -0.2) is 10.5 Å². The molecule has 0 fully saturated rings. The van der Waals surface area contributed by atoms with E-state index in [0.717, 1.165) is 0 Å². The molecule has 2 atom stereocenters. The van der Waals surface area contributed by atoms with Crippen LogP contribution in [0.2, 0.25) is 0 Å². The van der Waals surface area contributed by atoms with Crippen molar-refractivity contribution < 1.29 is 29.2 Å². The van der Waals surface area contributed by atoms with Crippen molar-refractivity contribution in [3.63, 3.8) is 0 Å². The molecule has 8 heteroatoms. The Morgan fingerprint density at radius 3 is 2.38 bits per heavy atom. The summed E-state index contributed by atoms with van der Waals surface area (Å²) in [4.78, 5) is 0. The lowest BCUT2D eigenvalue weighted by Crippen LogP contribution is -1.73. The van der Waals surface area contributed by atoms with Crippen LogP contribution in [0.3, 0.4) is 0 Å². The monoisotopic (exact) mass is 162 g/mol. The lowest BCUT2D eigenvalue weighted by atomic mass is 14.6. The van der Waals surface area contributed by atoms with Gasteiger partial charge in [-0.1, -0.05) is 5.04 Å². The molecule has 0 saturated carbocycles. The van der Waals surface area contributed by atoms with Crippen molar-refractivity contribution in [2.45, 2.75) is 0 Å². The van der Waals surface area contributed by atoms with Crippen LogP contribution in [0.25, 0.3) is 0 Å². The third-order valence-corrected chi connectivity index (χ3v) is 1.08. The Hall–Kier alpha value is 0.620. The lowest BCUT2D eigenvalue weighted by molar-refractivity contribution is -0.437. The average Bonchev–Trinajstić information content (AvgIpc) is 1.81. The summed E-state index contributed by atoms with van der Waals surface area (Å²) in [5, 5.41) is 18.2. The van der Waals surface area contributed by atoms with E-state index in [1.54, 1.807) is 0 Å². The van der Waals surface area contributed by atoms with Gasteiger partial charge in [-0.3, -0.25) is 4.31 Å². The van der Waals surface area contributed by atoms with Crippen LogP contribution in [0.1, 0.15) is 0 Å². The van der Waals surface area contributed by atoms with Crippen LogP contribution in [0.15, 0.2) is 0 Å². The fraction of sp³-hybridized carbons (Fsp3) is 0. The highest BCUT2D eigenvalue weighted by molar-refractivity contribution is 7.40.